The first-order chi connectivity index (χ1) is 10.3. The van der Waals surface area contributed by atoms with Crippen molar-refractivity contribution in [2.45, 2.75) is 12.5 Å². The number of nitrogens with zero attached hydrogens (tertiary/aromatic N) is 1. The van der Waals surface area contributed by atoms with Crippen LogP contribution >= 0.6 is 11.6 Å². The summed E-state index contributed by atoms with van der Waals surface area (Å²) in [6.45, 7) is -0.450. The highest BCUT2D eigenvalue weighted by atomic mass is 35.5. The third kappa shape index (κ3) is 3.76. The molecule has 1 amide bonds. The van der Waals surface area contributed by atoms with Crippen LogP contribution in [-0.4, -0.2) is 50.0 Å². The van der Waals surface area contributed by atoms with Crippen LogP contribution in [0.25, 0.3) is 0 Å². The number of nitrogens with one attached hydrogen (secondary N) is 1. The topological polar surface area (TPSA) is 92.8 Å². The molecule has 1 aliphatic heterocycles. The van der Waals surface area contributed by atoms with Crippen LogP contribution in [0, 0.1) is 0 Å². The van der Waals surface area contributed by atoms with E-state index in [0.717, 1.165) is 4.31 Å². The van der Waals surface area contributed by atoms with Crippen molar-refractivity contribution in [2.75, 3.05) is 24.7 Å². The molecule has 0 spiro atoms. The van der Waals surface area contributed by atoms with Crippen molar-refractivity contribution in [3.63, 3.8) is 0 Å². The van der Waals surface area contributed by atoms with E-state index in [0.29, 0.717) is 10.7 Å². The Morgan fingerprint density at radius 1 is 1.45 bits per heavy atom. The number of sulfonamides is 1. The summed E-state index contributed by atoms with van der Waals surface area (Å²) in [5, 5.41) is 2.99. The summed E-state index contributed by atoms with van der Waals surface area (Å²) >= 11 is 5.81. The molecule has 9 heteroatoms. The smallest absolute Gasteiger partial charge is 0.324 e. The standard InChI is InChI=1S/C13H15ClN2O5S/c1-21-13(18)11-5-6-22(19,20)16(11)8-12(17)15-10-4-2-3-9(14)7-10/h2-4,7,11H,5-6,8H2,1H3,(H,15,17)/t11-/m0/s1. The van der Waals surface area contributed by atoms with Crippen molar-refractivity contribution in [3.8, 4) is 0 Å². The summed E-state index contributed by atoms with van der Waals surface area (Å²) in [5.74, 6) is -1.41. The first kappa shape index (κ1) is 16.7. The molecule has 1 aliphatic rings. The number of esters is 1. The van der Waals surface area contributed by atoms with Crippen molar-refractivity contribution >= 4 is 39.2 Å². The first-order valence-electron chi connectivity index (χ1n) is 6.46. The van der Waals surface area contributed by atoms with Gasteiger partial charge in [-0.05, 0) is 24.6 Å². The van der Waals surface area contributed by atoms with Crippen LogP contribution in [0.5, 0.6) is 0 Å². The van der Waals surface area contributed by atoms with E-state index in [1.165, 1.54) is 13.2 Å². The minimum atomic E-state index is -3.64. The molecule has 120 valence electrons. The molecule has 0 aromatic heterocycles. The number of benzene rings is 1. The molecule has 7 nitrogen and oxygen atoms in total. The second kappa shape index (κ2) is 6.64. The molecule has 2 rings (SSSR count). The third-order valence-corrected chi connectivity index (χ3v) is 5.32. The average molecular weight is 347 g/mol. The Hall–Kier alpha value is -1.64. The van der Waals surface area contributed by atoms with E-state index in [-0.39, 0.29) is 12.2 Å². The Balaban J connectivity index is 2.09. The minimum Gasteiger partial charge on any atom is -0.468 e. The molecule has 1 heterocycles. The number of halogens is 1. The highest BCUT2D eigenvalue weighted by molar-refractivity contribution is 7.89. The highest BCUT2D eigenvalue weighted by Crippen LogP contribution is 2.22. The number of carbonyl (C=O) groups is 2. The molecule has 1 N–H and O–H groups in total. The summed E-state index contributed by atoms with van der Waals surface area (Å²) in [6.07, 6.45) is 0.111. The minimum absolute atomic E-state index is 0.111. The molecule has 1 atom stereocenters. The zero-order valence-corrected chi connectivity index (χ0v) is 13.4. The van der Waals surface area contributed by atoms with Gasteiger partial charge in [0.15, 0.2) is 0 Å². The summed E-state index contributed by atoms with van der Waals surface area (Å²) < 4.78 is 29.4. The lowest BCUT2D eigenvalue weighted by atomic mass is 10.2. The van der Waals surface area contributed by atoms with Crippen LogP contribution in [-0.2, 0) is 24.3 Å². The van der Waals surface area contributed by atoms with Gasteiger partial charge in [-0.15, -0.1) is 0 Å². The van der Waals surface area contributed by atoms with Crippen molar-refractivity contribution in [1.29, 1.82) is 0 Å². The van der Waals surface area contributed by atoms with Gasteiger partial charge in [0.1, 0.15) is 6.04 Å². The van der Waals surface area contributed by atoms with Gasteiger partial charge < -0.3 is 10.1 Å². The Morgan fingerprint density at radius 2 is 2.18 bits per heavy atom. The van der Waals surface area contributed by atoms with Crippen LogP contribution in [0.15, 0.2) is 24.3 Å². The van der Waals surface area contributed by atoms with E-state index >= 15 is 0 Å². The fourth-order valence-electron chi connectivity index (χ4n) is 2.20. The lowest BCUT2D eigenvalue weighted by Gasteiger charge is -2.20. The molecule has 0 unspecified atom stereocenters. The molecular weight excluding hydrogens is 332 g/mol. The number of rotatable bonds is 4. The van der Waals surface area contributed by atoms with Crippen LogP contribution in [0.2, 0.25) is 5.02 Å². The molecule has 1 saturated heterocycles. The number of hydrogen-bond donors (Lipinski definition) is 1. The average Bonchev–Trinajstić information content (AvgIpc) is 2.73. The summed E-state index contributed by atoms with van der Waals surface area (Å²) in [6, 6.07) is 5.51. The van der Waals surface area contributed by atoms with Gasteiger partial charge in [0.25, 0.3) is 0 Å². The van der Waals surface area contributed by atoms with Crippen molar-refractivity contribution in [3.05, 3.63) is 29.3 Å². The number of ether oxygens (including phenoxy) is 1. The van der Waals surface area contributed by atoms with Crippen LogP contribution < -0.4 is 5.32 Å². The second-order valence-electron chi connectivity index (χ2n) is 4.75. The van der Waals surface area contributed by atoms with E-state index in [4.69, 9.17) is 11.6 Å². The maximum atomic E-state index is 12.0. The zero-order valence-electron chi connectivity index (χ0n) is 11.8. The molecule has 1 fully saturated rings. The van der Waals surface area contributed by atoms with Gasteiger partial charge in [-0.1, -0.05) is 17.7 Å². The fraction of sp³-hybridized carbons (Fsp3) is 0.385. The number of amides is 1. The summed E-state index contributed by atoms with van der Waals surface area (Å²) in [4.78, 5) is 23.6. The molecule has 0 bridgehead atoms. The van der Waals surface area contributed by atoms with Gasteiger partial charge >= 0.3 is 5.97 Å². The first-order valence-corrected chi connectivity index (χ1v) is 8.45. The van der Waals surface area contributed by atoms with Crippen molar-refractivity contribution in [2.24, 2.45) is 0 Å². The molecule has 1 aromatic carbocycles. The Kier molecular flexibility index (Phi) is 5.05. The van der Waals surface area contributed by atoms with Gasteiger partial charge in [0, 0.05) is 10.7 Å². The quantitative estimate of drug-likeness (QED) is 0.816. The highest BCUT2D eigenvalue weighted by Gasteiger charge is 2.43. The zero-order chi connectivity index (χ0) is 16.3. The summed E-state index contributed by atoms with van der Waals surface area (Å²) in [5.41, 5.74) is 0.448. The largest absolute Gasteiger partial charge is 0.468 e. The summed E-state index contributed by atoms with van der Waals surface area (Å²) in [7, 11) is -2.46. The van der Waals surface area contributed by atoms with E-state index in [9.17, 15) is 18.0 Å². The number of hydrogen-bond acceptors (Lipinski definition) is 5. The van der Waals surface area contributed by atoms with E-state index in [1.807, 2.05) is 0 Å². The van der Waals surface area contributed by atoms with E-state index < -0.39 is 34.5 Å². The SMILES string of the molecule is COC(=O)[C@@H]1CCS(=O)(=O)N1CC(=O)Nc1cccc(Cl)c1. The van der Waals surface area contributed by atoms with E-state index in [1.54, 1.807) is 18.2 Å². The van der Waals surface area contributed by atoms with Crippen LogP contribution in [0.4, 0.5) is 5.69 Å². The number of methoxy groups -OCH3 is 1. The third-order valence-electron chi connectivity index (χ3n) is 3.24. The van der Waals surface area contributed by atoms with Crippen molar-refractivity contribution in [1.82, 2.24) is 4.31 Å². The maximum absolute atomic E-state index is 12.0. The van der Waals surface area contributed by atoms with Gasteiger partial charge in [0.05, 0.1) is 19.4 Å². The normalized spacial score (nSPS) is 20.5. The Labute approximate surface area is 133 Å². The van der Waals surface area contributed by atoms with Gasteiger partial charge in [0.2, 0.25) is 15.9 Å². The van der Waals surface area contributed by atoms with Gasteiger partial charge in [-0.25, -0.2) is 8.42 Å². The predicted molar refractivity (Wildman–Crippen MR) is 81.0 cm³/mol. The lowest BCUT2D eigenvalue weighted by molar-refractivity contribution is -0.144. The molecular formula is C13H15ClN2O5S. The molecule has 0 saturated carbocycles. The molecule has 1 aromatic rings. The van der Waals surface area contributed by atoms with E-state index in [2.05, 4.69) is 10.1 Å². The van der Waals surface area contributed by atoms with Gasteiger partial charge in [-0.2, -0.15) is 4.31 Å². The monoisotopic (exact) mass is 346 g/mol. The molecule has 22 heavy (non-hydrogen) atoms. The maximum Gasteiger partial charge on any atom is 0.324 e. The fourth-order valence-corrected chi connectivity index (χ4v) is 4.04. The van der Waals surface area contributed by atoms with Crippen molar-refractivity contribution < 1.29 is 22.7 Å². The Bertz CT molecular complexity index is 691. The predicted octanol–water partition coefficient (Wildman–Crippen LogP) is 0.856. The molecule has 0 aliphatic carbocycles. The number of carbonyl (C=O) groups excluding carboxylic acids is 2. The van der Waals surface area contributed by atoms with Crippen LogP contribution in [0.3, 0.4) is 0 Å². The Morgan fingerprint density at radius 3 is 2.82 bits per heavy atom. The number of anilines is 1. The van der Waals surface area contributed by atoms with Crippen LogP contribution in [0.1, 0.15) is 6.42 Å². The molecule has 0 radical (unpaired) electrons. The lowest BCUT2D eigenvalue weighted by Crippen LogP contribution is -2.43. The van der Waals surface area contributed by atoms with Gasteiger partial charge in [-0.3, -0.25) is 9.59 Å². The second-order valence-corrected chi connectivity index (χ2v) is 7.22.